The Kier molecular flexibility index (Phi) is 8.44. The Morgan fingerprint density at radius 1 is 1.10 bits per heavy atom. The lowest BCUT2D eigenvalue weighted by Gasteiger charge is -2.49. The third kappa shape index (κ3) is 5.94. The minimum absolute atomic E-state index is 0.189. The third-order valence-corrected chi connectivity index (χ3v) is 7.44. The Hall–Kier alpha value is -3.98. The third-order valence-electron chi connectivity index (χ3n) is 7.44. The zero-order chi connectivity index (χ0) is 29.2. The number of fused-ring (bicyclic) bond motifs is 1. The molecular weight excluding hydrogens is 523 g/mol. The van der Waals surface area contributed by atoms with Crippen LogP contribution in [-0.4, -0.2) is 63.2 Å². The lowest BCUT2D eigenvalue weighted by Crippen LogP contribution is -2.61. The van der Waals surface area contributed by atoms with Gasteiger partial charge >= 0.3 is 11.9 Å². The van der Waals surface area contributed by atoms with Crippen molar-refractivity contribution in [1.82, 2.24) is 24.8 Å². The van der Waals surface area contributed by atoms with Crippen LogP contribution in [0.5, 0.6) is 0 Å². The molecule has 3 aromatic rings. The molecule has 0 spiro atoms. The number of benzene rings is 1. The minimum atomic E-state index is -4.54. The molecule has 1 aliphatic heterocycles. The van der Waals surface area contributed by atoms with E-state index in [9.17, 15) is 28.0 Å². The Morgan fingerprint density at radius 3 is 2.38 bits per heavy atom. The van der Waals surface area contributed by atoms with Crippen molar-refractivity contribution < 1.29 is 18.0 Å². The number of pyridine rings is 1. The van der Waals surface area contributed by atoms with Crippen molar-refractivity contribution in [2.75, 3.05) is 24.5 Å². The topological polar surface area (TPSA) is 107 Å². The van der Waals surface area contributed by atoms with E-state index in [4.69, 9.17) is 0 Å². The average Bonchev–Trinajstić information content (AvgIpc) is 2.94. The number of nitrogens with zero attached hydrogens (tertiary/aromatic N) is 6. The van der Waals surface area contributed by atoms with E-state index in [0.29, 0.717) is 48.3 Å². The number of carbonyl (C=O) groups is 1. The molecular formula is C28H32F3N7O2. The molecule has 3 heterocycles. The molecule has 1 aromatic carbocycles. The fourth-order valence-corrected chi connectivity index (χ4v) is 5.26. The molecule has 1 N–H and O–H groups in total. The largest absolute Gasteiger partial charge is 0.405 e. The molecule has 0 aliphatic carbocycles. The van der Waals surface area contributed by atoms with Gasteiger partial charge in [0.2, 0.25) is 5.91 Å². The van der Waals surface area contributed by atoms with Gasteiger partial charge in [-0.3, -0.25) is 14.3 Å². The van der Waals surface area contributed by atoms with Crippen LogP contribution in [0.2, 0.25) is 0 Å². The zero-order valence-electron chi connectivity index (χ0n) is 22.9. The zero-order valence-corrected chi connectivity index (χ0v) is 22.9. The molecule has 1 saturated heterocycles. The van der Waals surface area contributed by atoms with E-state index in [1.807, 2.05) is 48.8 Å². The second-order valence-electron chi connectivity index (χ2n) is 10.1. The van der Waals surface area contributed by atoms with Crippen LogP contribution in [0, 0.1) is 18.3 Å². The number of hydrogen-bond acceptors (Lipinski definition) is 7. The summed E-state index contributed by atoms with van der Waals surface area (Å²) >= 11 is 0. The Morgan fingerprint density at radius 2 is 1.77 bits per heavy atom. The molecule has 2 aromatic heterocycles. The van der Waals surface area contributed by atoms with Crippen molar-refractivity contribution in [3.8, 4) is 6.07 Å². The van der Waals surface area contributed by atoms with Crippen LogP contribution in [0.3, 0.4) is 0 Å². The molecule has 4 rings (SSSR count). The van der Waals surface area contributed by atoms with Crippen molar-refractivity contribution >= 4 is 22.8 Å². The predicted molar refractivity (Wildman–Crippen MR) is 145 cm³/mol. The van der Waals surface area contributed by atoms with Crippen LogP contribution in [0.1, 0.15) is 49.6 Å². The molecule has 3 atom stereocenters. The number of alkyl halides is 3. The lowest BCUT2D eigenvalue weighted by atomic mass is 9.95. The number of carbonyl (C=O) groups excluding carboxylic acids is 1. The summed E-state index contributed by atoms with van der Waals surface area (Å²) in [4.78, 5) is 38.9. The summed E-state index contributed by atoms with van der Waals surface area (Å²) in [6.45, 7) is 5.09. The lowest BCUT2D eigenvalue weighted by molar-refractivity contribution is -0.142. The number of amides is 1. The molecule has 1 amide bonds. The summed E-state index contributed by atoms with van der Waals surface area (Å²) in [7, 11) is 1.59. The van der Waals surface area contributed by atoms with Crippen LogP contribution >= 0.6 is 0 Å². The molecule has 12 heteroatoms. The number of rotatable bonds is 7. The van der Waals surface area contributed by atoms with Gasteiger partial charge < -0.3 is 10.2 Å². The van der Waals surface area contributed by atoms with E-state index in [1.165, 1.54) is 4.57 Å². The summed E-state index contributed by atoms with van der Waals surface area (Å²) in [6, 6.07) is 11.0. The van der Waals surface area contributed by atoms with E-state index in [0.717, 1.165) is 5.56 Å². The van der Waals surface area contributed by atoms with Gasteiger partial charge in [-0.25, -0.2) is 9.78 Å². The fraction of sp³-hybridized carbons (Fsp3) is 0.464. The molecule has 9 nitrogen and oxygen atoms in total. The second kappa shape index (κ2) is 11.6. The fourth-order valence-electron chi connectivity index (χ4n) is 5.26. The summed E-state index contributed by atoms with van der Waals surface area (Å²) < 4.78 is 40.4. The number of halogens is 3. The van der Waals surface area contributed by atoms with Gasteiger partial charge in [0.15, 0.2) is 5.82 Å². The number of nitrogens with one attached hydrogen (secondary N) is 1. The highest BCUT2D eigenvalue weighted by Crippen LogP contribution is 2.34. The van der Waals surface area contributed by atoms with Gasteiger partial charge in [0.05, 0.1) is 5.52 Å². The summed E-state index contributed by atoms with van der Waals surface area (Å²) in [5, 5.41) is 11.5. The number of anilines is 1. The first-order chi connectivity index (χ1) is 19.0. The number of aryl methyl sites for hydroxylation is 2. The van der Waals surface area contributed by atoms with E-state index < -0.39 is 30.4 Å². The highest BCUT2D eigenvalue weighted by Gasteiger charge is 2.41. The minimum Gasteiger partial charge on any atom is -0.349 e. The van der Waals surface area contributed by atoms with Crippen LogP contribution in [0.4, 0.5) is 19.0 Å². The smallest absolute Gasteiger partial charge is 0.349 e. The summed E-state index contributed by atoms with van der Waals surface area (Å²) in [5.41, 5.74) is 2.24. The molecule has 40 heavy (non-hydrogen) atoms. The number of hydrogen-bond donors (Lipinski definition) is 1. The first kappa shape index (κ1) is 29.0. The van der Waals surface area contributed by atoms with Gasteiger partial charge in [0, 0.05) is 32.2 Å². The predicted octanol–water partition coefficient (Wildman–Crippen LogP) is 3.61. The molecule has 1 aliphatic rings. The highest BCUT2D eigenvalue weighted by molar-refractivity contribution is 5.87. The maximum atomic E-state index is 13.3. The van der Waals surface area contributed by atoms with E-state index in [2.05, 4.69) is 15.3 Å². The summed E-state index contributed by atoms with van der Waals surface area (Å²) in [5.74, 6) is -0.367. The molecule has 0 radical (unpaired) electrons. The van der Waals surface area contributed by atoms with Gasteiger partial charge in [-0.05, 0) is 37.5 Å². The van der Waals surface area contributed by atoms with E-state index in [-0.39, 0.29) is 17.8 Å². The summed E-state index contributed by atoms with van der Waals surface area (Å²) in [6.07, 6.45) is -3.35. The maximum absolute atomic E-state index is 13.3. The van der Waals surface area contributed by atoms with Crippen LogP contribution in [-0.2, 0) is 11.8 Å². The quantitative estimate of drug-likeness (QED) is 0.475. The second-order valence-corrected chi connectivity index (χ2v) is 10.1. The van der Waals surface area contributed by atoms with Gasteiger partial charge in [0.1, 0.15) is 29.9 Å². The van der Waals surface area contributed by atoms with Crippen molar-refractivity contribution in [2.24, 2.45) is 7.05 Å². The first-order valence-electron chi connectivity index (χ1n) is 13.2. The Bertz CT molecular complexity index is 1480. The van der Waals surface area contributed by atoms with Gasteiger partial charge in [0.25, 0.3) is 0 Å². The monoisotopic (exact) mass is 555 g/mol. The standard InChI is InChI=1S/C28H32F3N7O2/c1-5-20-15-38(25-23-22(36(4)27(40)35-25)12-11-19(13-32)34-23)21(6-2)14-37(20)24(18-9-7-17(3)8-10-18)26(39)33-16-28(29,30)31/h7-12,20-21,24H,5-6,14-16H2,1-4H3,(H,33,39)/t20-,21+,24?/m1/s1. The van der Waals surface area contributed by atoms with Crippen molar-refractivity contribution in [3.05, 3.63) is 63.7 Å². The average molecular weight is 556 g/mol. The molecule has 212 valence electrons. The van der Waals surface area contributed by atoms with Crippen LogP contribution in [0.15, 0.2) is 41.2 Å². The van der Waals surface area contributed by atoms with Crippen molar-refractivity contribution in [3.63, 3.8) is 0 Å². The van der Waals surface area contributed by atoms with E-state index in [1.54, 1.807) is 31.3 Å². The van der Waals surface area contributed by atoms with Gasteiger partial charge in [-0.1, -0.05) is 43.7 Å². The molecule has 1 unspecified atom stereocenters. The Balaban J connectivity index is 1.77. The van der Waals surface area contributed by atoms with Crippen molar-refractivity contribution in [1.29, 1.82) is 5.26 Å². The normalized spacial score (nSPS) is 18.9. The highest BCUT2D eigenvalue weighted by atomic mass is 19.4. The van der Waals surface area contributed by atoms with Gasteiger partial charge in [-0.2, -0.15) is 23.4 Å². The first-order valence-corrected chi connectivity index (χ1v) is 13.2. The van der Waals surface area contributed by atoms with Crippen LogP contribution < -0.4 is 15.9 Å². The van der Waals surface area contributed by atoms with Crippen molar-refractivity contribution in [2.45, 2.75) is 57.9 Å². The SMILES string of the molecule is CC[C@H]1CN(C(C(=O)NCC(F)(F)F)c2ccc(C)cc2)[C@H](CC)CN1c1nc(=O)n(C)c2ccc(C#N)nc12. The molecule has 0 saturated carbocycles. The molecule has 1 fully saturated rings. The van der Waals surface area contributed by atoms with Gasteiger partial charge in [-0.15, -0.1) is 0 Å². The molecule has 0 bridgehead atoms. The maximum Gasteiger partial charge on any atom is 0.405 e. The Labute approximate surface area is 230 Å². The number of piperazine rings is 1. The number of nitriles is 1. The number of aromatic nitrogens is 3. The van der Waals surface area contributed by atoms with E-state index >= 15 is 0 Å². The van der Waals surface area contributed by atoms with Crippen LogP contribution in [0.25, 0.3) is 11.0 Å².